The number of amides is 1. The Hall–Kier alpha value is -2.91. The molecule has 0 unspecified atom stereocenters. The van der Waals surface area contributed by atoms with Crippen molar-refractivity contribution in [2.24, 2.45) is 0 Å². The van der Waals surface area contributed by atoms with Gasteiger partial charge in [0.1, 0.15) is 5.75 Å². The van der Waals surface area contributed by atoms with Crippen LogP contribution in [0.2, 0.25) is 0 Å². The van der Waals surface area contributed by atoms with Crippen LogP contribution in [-0.4, -0.2) is 50.9 Å². The van der Waals surface area contributed by atoms with Gasteiger partial charge < -0.3 is 14.8 Å². The fraction of sp³-hybridized carbons (Fsp3) is 0.364. The number of nitrogens with zero attached hydrogens (tertiary/aromatic N) is 1. The monoisotopic (exact) mass is 448 g/mol. The standard InChI is InChI=1S/C22H28N2O6S/c1-5-24(6-2)31(27,28)20-14-18(11-8-16(20)4)23-21(25)15-30-19-12-9-17(10-13-19)22(26)29-7-3/h8-14H,5-7,15H2,1-4H3,(H,23,25). The summed E-state index contributed by atoms with van der Waals surface area (Å²) in [6.07, 6.45) is 0. The molecule has 0 heterocycles. The Labute approximate surface area is 183 Å². The van der Waals surface area contributed by atoms with Crippen molar-refractivity contribution in [1.29, 1.82) is 0 Å². The number of rotatable bonds is 10. The minimum absolute atomic E-state index is 0.157. The van der Waals surface area contributed by atoms with Crippen LogP contribution in [0, 0.1) is 6.92 Å². The lowest BCUT2D eigenvalue weighted by Crippen LogP contribution is -2.31. The topological polar surface area (TPSA) is 102 Å². The molecule has 1 amide bonds. The Morgan fingerprint density at radius 1 is 1.00 bits per heavy atom. The smallest absolute Gasteiger partial charge is 0.338 e. The Balaban J connectivity index is 2.04. The van der Waals surface area contributed by atoms with Gasteiger partial charge >= 0.3 is 5.97 Å². The van der Waals surface area contributed by atoms with E-state index >= 15 is 0 Å². The maximum absolute atomic E-state index is 12.8. The Morgan fingerprint density at radius 3 is 2.23 bits per heavy atom. The normalized spacial score (nSPS) is 11.3. The highest BCUT2D eigenvalue weighted by Crippen LogP contribution is 2.23. The maximum atomic E-state index is 12.8. The number of sulfonamides is 1. The fourth-order valence-electron chi connectivity index (χ4n) is 2.91. The van der Waals surface area contributed by atoms with E-state index in [1.54, 1.807) is 64.1 Å². The zero-order valence-electron chi connectivity index (χ0n) is 18.2. The molecule has 9 heteroatoms. The predicted molar refractivity (Wildman–Crippen MR) is 118 cm³/mol. The Morgan fingerprint density at radius 2 is 1.65 bits per heavy atom. The zero-order chi connectivity index (χ0) is 23.0. The number of carbonyl (C=O) groups excluding carboxylic acids is 2. The summed E-state index contributed by atoms with van der Waals surface area (Å²) in [6, 6.07) is 11.0. The number of carbonyl (C=O) groups is 2. The third kappa shape index (κ3) is 6.28. The van der Waals surface area contributed by atoms with Crippen LogP contribution >= 0.6 is 0 Å². The molecule has 0 aliphatic heterocycles. The van der Waals surface area contributed by atoms with E-state index < -0.39 is 21.9 Å². The van der Waals surface area contributed by atoms with Gasteiger partial charge in [0.15, 0.2) is 6.61 Å². The molecule has 0 aliphatic carbocycles. The summed E-state index contributed by atoms with van der Waals surface area (Å²) in [5.41, 5.74) is 1.35. The average molecular weight is 449 g/mol. The number of anilines is 1. The highest BCUT2D eigenvalue weighted by Gasteiger charge is 2.24. The molecule has 0 fully saturated rings. The van der Waals surface area contributed by atoms with Gasteiger partial charge in [0.05, 0.1) is 17.1 Å². The van der Waals surface area contributed by atoms with Crippen LogP contribution in [0.1, 0.15) is 36.7 Å². The molecule has 0 spiro atoms. The molecule has 0 atom stereocenters. The second-order valence-electron chi connectivity index (χ2n) is 6.65. The van der Waals surface area contributed by atoms with Gasteiger partial charge in [-0.3, -0.25) is 4.79 Å². The van der Waals surface area contributed by atoms with Crippen molar-refractivity contribution in [3.05, 3.63) is 53.6 Å². The number of benzene rings is 2. The van der Waals surface area contributed by atoms with E-state index in [2.05, 4.69) is 5.32 Å². The third-order valence-electron chi connectivity index (χ3n) is 4.53. The third-order valence-corrected chi connectivity index (χ3v) is 6.72. The minimum Gasteiger partial charge on any atom is -0.484 e. The summed E-state index contributed by atoms with van der Waals surface area (Å²) in [5, 5.41) is 2.65. The Bertz CT molecular complexity index is 1010. The van der Waals surface area contributed by atoms with E-state index in [1.165, 1.54) is 10.4 Å². The van der Waals surface area contributed by atoms with Gasteiger partial charge in [0.2, 0.25) is 10.0 Å². The molecule has 0 aliphatic rings. The van der Waals surface area contributed by atoms with Crippen molar-refractivity contribution in [1.82, 2.24) is 4.31 Å². The number of nitrogens with one attached hydrogen (secondary N) is 1. The van der Waals surface area contributed by atoms with E-state index in [-0.39, 0.29) is 18.1 Å². The van der Waals surface area contributed by atoms with Crippen LogP contribution in [0.15, 0.2) is 47.4 Å². The SMILES string of the molecule is CCOC(=O)c1ccc(OCC(=O)Nc2ccc(C)c(S(=O)(=O)N(CC)CC)c2)cc1. The summed E-state index contributed by atoms with van der Waals surface area (Å²) in [6.45, 7) is 7.72. The summed E-state index contributed by atoms with van der Waals surface area (Å²) < 4.78 is 37.4. The molecule has 1 N–H and O–H groups in total. The van der Waals surface area contributed by atoms with Crippen LogP contribution in [0.25, 0.3) is 0 Å². The van der Waals surface area contributed by atoms with Gasteiger partial charge in [-0.15, -0.1) is 0 Å². The van der Waals surface area contributed by atoms with Crippen LogP contribution in [0.5, 0.6) is 5.75 Å². The molecule has 31 heavy (non-hydrogen) atoms. The first-order valence-electron chi connectivity index (χ1n) is 10.0. The van der Waals surface area contributed by atoms with E-state index in [1.807, 2.05) is 0 Å². The fourth-order valence-corrected chi connectivity index (χ4v) is 4.61. The van der Waals surface area contributed by atoms with E-state index in [0.717, 1.165) is 0 Å². The number of esters is 1. The van der Waals surface area contributed by atoms with E-state index in [4.69, 9.17) is 9.47 Å². The van der Waals surface area contributed by atoms with Crippen LogP contribution in [0.3, 0.4) is 0 Å². The lowest BCUT2D eigenvalue weighted by atomic mass is 10.2. The van der Waals surface area contributed by atoms with Crippen LogP contribution in [0.4, 0.5) is 5.69 Å². The molecule has 0 radical (unpaired) electrons. The van der Waals surface area contributed by atoms with Gasteiger partial charge in [-0.25, -0.2) is 13.2 Å². The maximum Gasteiger partial charge on any atom is 0.338 e. The molecule has 0 saturated carbocycles. The Kier molecular flexibility index (Phi) is 8.58. The first kappa shape index (κ1) is 24.4. The molecule has 0 saturated heterocycles. The highest BCUT2D eigenvalue weighted by molar-refractivity contribution is 7.89. The van der Waals surface area contributed by atoms with Crippen molar-refractivity contribution >= 4 is 27.6 Å². The molecule has 8 nitrogen and oxygen atoms in total. The molecule has 2 aromatic carbocycles. The average Bonchev–Trinajstić information content (AvgIpc) is 2.74. The summed E-state index contributed by atoms with van der Waals surface area (Å²) in [7, 11) is -3.65. The van der Waals surface area contributed by atoms with Crippen molar-refractivity contribution in [2.45, 2.75) is 32.6 Å². The minimum atomic E-state index is -3.65. The number of hydrogen-bond acceptors (Lipinski definition) is 6. The summed E-state index contributed by atoms with van der Waals surface area (Å²) in [4.78, 5) is 24.1. The zero-order valence-corrected chi connectivity index (χ0v) is 19.0. The van der Waals surface area contributed by atoms with Gasteiger partial charge in [-0.05, 0) is 55.8 Å². The number of ether oxygens (including phenoxy) is 2. The number of hydrogen-bond donors (Lipinski definition) is 1. The second-order valence-corrected chi connectivity index (χ2v) is 8.56. The lowest BCUT2D eigenvalue weighted by molar-refractivity contribution is -0.118. The first-order valence-corrected chi connectivity index (χ1v) is 11.5. The van der Waals surface area contributed by atoms with Gasteiger partial charge in [0.25, 0.3) is 5.91 Å². The van der Waals surface area contributed by atoms with Crippen molar-refractivity contribution in [3.8, 4) is 5.75 Å². The summed E-state index contributed by atoms with van der Waals surface area (Å²) in [5.74, 6) is -0.456. The van der Waals surface area contributed by atoms with E-state index in [9.17, 15) is 18.0 Å². The largest absolute Gasteiger partial charge is 0.484 e. The first-order chi connectivity index (χ1) is 14.7. The molecule has 0 aromatic heterocycles. The molecule has 2 aromatic rings. The molecule has 168 valence electrons. The highest BCUT2D eigenvalue weighted by atomic mass is 32.2. The van der Waals surface area contributed by atoms with Gasteiger partial charge in [0, 0.05) is 18.8 Å². The predicted octanol–water partition coefficient (Wildman–Crippen LogP) is 3.22. The molecule has 2 rings (SSSR count). The van der Waals surface area contributed by atoms with Crippen molar-refractivity contribution in [3.63, 3.8) is 0 Å². The second kappa shape index (κ2) is 10.9. The van der Waals surface area contributed by atoms with Crippen molar-refractivity contribution in [2.75, 3.05) is 31.6 Å². The van der Waals surface area contributed by atoms with Crippen molar-refractivity contribution < 1.29 is 27.5 Å². The van der Waals surface area contributed by atoms with Gasteiger partial charge in [-0.2, -0.15) is 4.31 Å². The van der Waals surface area contributed by atoms with Crippen LogP contribution < -0.4 is 10.1 Å². The van der Waals surface area contributed by atoms with Gasteiger partial charge in [-0.1, -0.05) is 19.9 Å². The number of aryl methyl sites for hydroxylation is 1. The molecular weight excluding hydrogens is 420 g/mol. The quantitative estimate of drug-likeness (QED) is 0.560. The molecule has 0 bridgehead atoms. The van der Waals surface area contributed by atoms with E-state index in [0.29, 0.717) is 35.7 Å². The molecular formula is C22H28N2O6S. The summed E-state index contributed by atoms with van der Waals surface area (Å²) >= 11 is 0. The van der Waals surface area contributed by atoms with Crippen LogP contribution in [-0.2, 0) is 19.6 Å². The lowest BCUT2D eigenvalue weighted by Gasteiger charge is -2.20.